The summed E-state index contributed by atoms with van der Waals surface area (Å²) in [6, 6.07) is 0. The van der Waals surface area contributed by atoms with Gasteiger partial charge in [-0.3, -0.25) is 28.8 Å². The van der Waals surface area contributed by atoms with Gasteiger partial charge < -0.3 is 4.84 Å². The first kappa shape index (κ1) is 14.5. The molecule has 102 valence electrons. The number of hydrogen-bond donors (Lipinski definition) is 0. The molecule has 2 aliphatic rings. The van der Waals surface area contributed by atoms with Crippen molar-refractivity contribution in [1.29, 1.82) is 0 Å². The smallest absolute Gasteiger partial charge is 0.321 e. The third kappa shape index (κ3) is 3.44. The highest BCUT2D eigenvalue weighted by Crippen LogP contribution is 2.10. The molecule has 0 spiro atoms. The predicted molar refractivity (Wildman–Crippen MR) is 55.4 cm³/mol. The second kappa shape index (κ2) is 6.38. The van der Waals surface area contributed by atoms with Crippen molar-refractivity contribution in [2.24, 2.45) is 0 Å². The summed E-state index contributed by atoms with van der Waals surface area (Å²) in [7, 11) is 0. The fourth-order valence-electron chi connectivity index (χ4n) is 1.43. The Bertz CT molecular complexity index is 413. The Morgan fingerprint density at radius 2 is 1.21 bits per heavy atom. The van der Waals surface area contributed by atoms with Crippen LogP contribution in [0.4, 0.5) is 0 Å². The van der Waals surface area contributed by atoms with Gasteiger partial charge in [0, 0.05) is 25.7 Å². The molecular weight excluding hydrogens is 260 g/mol. The number of carbonyl (C=O) groups excluding carboxylic acids is 6. The van der Waals surface area contributed by atoms with Gasteiger partial charge in [0.15, 0.2) is 0 Å². The fraction of sp³-hybridized carbons (Fsp3) is 0.400. The van der Waals surface area contributed by atoms with Crippen LogP contribution < -0.4 is 0 Å². The van der Waals surface area contributed by atoms with Gasteiger partial charge in [0.1, 0.15) is 0 Å². The molecule has 2 fully saturated rings. The van der Waals surface area contributed by atoms with Crippen LogP contribution in [0.5, 0.6) is 0 Å². The summed E-state index contributed by atoms with van der Waals surface area (Å²) in [5.74, 6) is -1.71. The zero-order valence-electron chi connectivity index (χ0n) is 9.74. The Morgan fingerprint density at radius 1 is 0.789 bits per heavy atom. The van der Waals surface area contributed by atoms with Crippen molar-refractivity contribution in [2.75, 3.05) is 0 Å². The maximum Gasteiger partial charge on any atom is 0.321 e. The van der Waals surface area contributed by atoms with Crippen LogP contribution in [-0.2, 0) is 33.6 Å². The molecule has 0 saturated carbocycles. The van der Waals surface area contributed by atoms with Crippen molar-refractivity contribution < 1.29 is 33.6 Å². The molecule has 9 heteroatoms. The van der Waals surface area contributed by atoms with E-state index in [0.29, 0.717) is 9.96 Å². The highest BCUT2D eigenvalue weighted by atomic mass is 16.7. The van der Waals surface area contributed by atoms with E-state index in [1.54, 1.807) is 0 Å². The minimum atomic E-state index is -0.461. The van der Waals surface area contributed by atoms with Gasteiger partial charge in [-0.1, -0.05) is 0 Å². The van der Waals surface area contributed by atoms with Gasteiger partial charge in [-0.15, -0.1) is 5.06 Å². The predicted octanol–water partition coefficient (Wildman–Crippen LogP) is -1.48. The number of hydrogen-bond acceptors (Lipinski definition) is 7. The Kier molecular flexibility index (Phi) is 4.86. The summed E-state index contributed by atoms with van der Waals surface area (Å²) in [6.07, 6.45) is 0.881. The van der Waals surface area contributed by atoms with Crippen molar-refractivity contribution in [2.45, 2.75) is 25.7 Å². The van der Waals surface area contributed by atoms with Crippen molar-refractivity contribution in [3.05, 3.63) is 0 Å². The van der Waals surface area contributed by atoms with E-state index in [0.717, 1.165) is 0 Å². The largest absolute Gasteiger partial charge is 0.334 e. The zero-order valence-corrected chi connectivity index (χ0v) is 9.74. The standard InChI is InChI=1S/C5H5NO4.C5H5NO3/c7-3-10-6-4(8)1-2-5(6)9;7-3-6-4(8)1-2-5(6)9/h3H,1-2H2;3H,1-2H2. The summed E-state index contributed by atoms with van der Waals surface area (Å²) >= 11 is 0. The summed E-state index contributed by atoms with van der Waals surface area (Å²) in [5, 5.41) is 0.479. The molecule has 2 rings (SSSR count). The molecule has 2 aliphatic heterocycles. The first-order valence-electron chi connectivity index (χ1n) is 5.27. The van der Waals surface area contributed by atoms with E-state index in [1.165, 1.54) is 0 Å². The average Bonchev–Trinajstić information content (AvgIpc) is 2.87. The fourth-order valence-corrected chi connectivity index (χ4v) is 1.43. The van der Waals surface area contributed by atoms with E-state index in [2.05, 4.69) is 4.84 Å². The van der Waals surface area contributed by atoms with Crippen LogP contribution >= 0.6 is 0 Å². The Hall–Kier alpha value is -2.58. The number of hydroxylamine groups is 2. The van der Waals surface area contributed by atoms with Crippen LogP contribution in [0.25, 0.3) is 0 Å². The van der Waals surface area contributed by atoms with Gasteiger partial charge in [0.05, 0.1) is 0 Å². The van der Waals surface area contributed by atoms with E-state index in [-0.39, 0.29) is 38.6 Å². The van der Waals surface area contributed by atoms with Crippen molar-refractivity contribution in [3.8, 4) is 0 Å². The van der Waals surface area contributed by atoms with E-state index in [4.69, 9.17) is 0 Å². The molecule has 0 aromatic heterocycles. The molecule has 19 heavy (non-hydrogen) atoms. The van der Waals surface area contributed by atoms with Crippen molar-refractivity contribution in [1.82, 2.24) is 9.96 Å². The molecule has 2 heterocycles. The maximum atomic E-state index is 10.6. The van der Waals surface area contributed by atoms with Crippen LogP contribution in [0, 0.1) is 0 Å². The van der Waals surface area contributed by atoms with Crippen LogP contribution in [0.3, 0.4) is 0 Å². The highest BCUT2D eigenvalue weighted by Gasteiger charge is 2.30. The molecule has 0 bridgehead atoms. The molecule has 5 amide bonds. The summed E-state index contributed by atoms with van der Waals surface area (Å²) < 4.78 is 0. The number of amides is 5. The van der Waals surface area contributed by atoms with E-state index in [1.807, 2.05) is 0 Å². The van der Waals surface area contributed by atoms with Gasteiger partial charge in [-0.2, -0.15) is 0 Å². The summed E-state index contributed by atoms with van der Waals surface area (Å²) in [6.45, 7) is 0.0567. The van der Waals surface area contributed by atoms with E-state index < -0.39 is 23.6 Å². The molecule has 0 radical (unpaired) electrons. The van der Waals surface area contributed by atoms with E-state index in [9.17, 15) is 28.8 Å². The SMILES string of the molecule is O=CN1C(=O)CCC1=O.O=CON1C(=O)CCC1=O. The third-order valence-electron chi connectivity index (χ3n) is 2.35. The Morgan fingerprint density at radius 3 is 1.53 bits per heavy atom. The lowest BCUT2D eigenvalue weighted by Gasteiger charge is -2.06. The topological polar surface area (TPSA) is 118 Å². The molecule has 0 aromatic rings. The minimum Gasteiger partial charge on any atom is -0.334 e. The zero-order chi connectivity index (χ0) is 14.4. The molecule has 9 nitrogen and oxygen atoms in total. The maximum absolute atomic E-state index is 10.6. The number of nitrogens with zero attached hydrogens (tertiary/aromatic N) is 2. The first-order chi connectivity index (χ1) is 9.01. The number of likely N-dealkylation sites (tertiary alicyclic amines) is 1. The minimum absolute atomic E-state index is 0.0567. The third-order valence-corrected chi connectivity index (χ3v) is 2.35. The van der Waals surface area contributed by atoms with Gasteiger partial charge >= 0.3 is 6.47 Å². The van der Waals surface area contributed by atoms with Crippen LogP contribution in [0.2, 0.25) is 0 Å². The Balaban J connectivity index is 0.000000191. The lowest BCUT2D eigenvalue weighted by atomic mass is 10.4. The van der Waals surface area contributed by atoms with Crippen LogP contribution in [-0.4, -0.2) is 46.5 Å². The molecule has 0 atom stereocenters. The number of imide groups is 4. The molecule has 0 aliphatic carbocycles. The van der Waals surface area contributed by atoms with Crippen molar-refractivity contribution >= 4 is 36.5 Å². The van der Waals surface area contributed by atoms with Gasteiger partial charge in [-0.25, -0.2) is 4.90 Å². The monoisotopic (exact) mass is 270 g/mol. The Labute approximate surface area is 107 Å². The van der Waals surface area contributed by atoms with Gasteiger partial charge in [0.2, 0.25) is 18.2 Å². The normalized spacial score (nSPS) is 18.3. The lowest BCUT2D eigenvalue weighted by Crippen LogP contribution is -2.28. The molecule has 2 saturated heterocycles. The number of rotatable bonds is 3. The average molecular weight is 270 g/mol. The molecular formula is C10H10N2O7. The van der Waals surface area contributed by atoms with Crippen molar-refractivity contribution in [3.63, 3.8) is 0 Å². The van der Waals surface area contributed by atoms with E-state index >= 15 is 0 Å². The summed E-state index contributed by atoms with van der Waals surface area (Å²) in [4.78, 5) is 66.5. The highest BCUT2D eigenvalue weighted by molar-refractivity contribution is 6.09. The molecule has 0 N–H and O–H groups in total. The first-order valence-corrected chi connectivity index (χ1v) is 5.27. The van der Waals surface area contributed by atoms with Gasteiger partial charge in [0.25, 0.3) is 11.8 Å². The van der Waals surface area contributed by atoms with Crippen LogP contribution in [0.1, 0.15) is 25.7 Å². The quantitative estimate of drug-likeness (QED) is 0.453. The molecule has 0 unspecified atom stereocenters. The summed E-state index contributed by atoms with van der Waals surface area (Å²) in [5.41, 5.74) is 0. The molecule has 0 aromatic carbocycles. The van der Waals surface area contributed by atoms with Crippen LogP contribution in [0.15, 0.2) is 0 Å². The lowest BCUT2D eigenvalue weighted by molar-refractivity contribution is -0.188. The second-order valence-electron chi connectivity index (χ2n) is 3.55. The van der Waals surface area contributed by atoms with Gasteiger partial charge in [-0.05, 0) is 0 Å². The number of carbonyl (C=O) groups is 6. The second-order valence-corrected chi connectivity index (χ2v) is 3.55.